The van der Waals surface area contributed by atoms with Crippen molar-refractivity contribution in [1.29, 1.82) is 0 Å². The van der Waals surface area contributed by atoms with E-state index >= 15 is 0 Å². The first-order valence-corrected chi connectivity index (χ1v) is 9.23. The average molecular weight is 383 g/mol. The molecule has 27 heavy (non-hydrogen) atoms. The Morgan fingerprint density at radius 3 is 2.85 bits per heavy atom. The predicted molar refractivity (Wildman–Crippen MR) is 99.2 cm³/mol. The van der Waals surface area contributed by atoms with Gasteiger partial charge in [-0.05, 0) is 5.56 Å². The van der Waals surface area contributed by atoms with E-state index in [0.29, 0.717) is 11.6 Å². The van der Waals surface area contributed by atoms with Gasteiger partial charge in [-0.25, -0.2) is 4.98 Å². The fraction of sp³-hybridized carbons (Fsp3) is 0.294. The van der Waals surface area contributed by atoms with Gasteiger partial charge in [0.05, 0.1) is 5.92 Å². The van der Waals surface area contributed by atoms with Crippen LogP contribution in [0.3, 0.4) is 0 Å². The van der Waals surface area contributed by atoms with Crippen LogP contribution in [0.4, 0.5) is 11.1 Å². The standard InChI is InChI=1S/C17H17N7O2S/c1-23-10-18-16(22-23)19-15(26)12-8-14(25)24(9-12)17-21-20-13(27-17)7-11-5-3-2-4-6-11/h2-6,10,12H,7-9H2,1H3,(H,19,22,26). The van der Waals surface area contributed by atoms with Crippen molar-refractivity contribution < 1.29 is 9.59 Å². The van der Waals surface area contributed by atoms with Crippen molar-refractivity contribution in [2.75, 3.05) is 16.8 Å². The highest BCUT2D eigenvalue weighted by Crippen LogP contribution is 2.29. The van der Waals surface area contributed by atoms with E-state index < -0.39 is 5.92 Å². The van der Waals surface area contributed by atoms with Crippen molar-refractivity contribution in [3.05, 3.63) is 47.2 Å². The van der Waals surface area contributed by atoms with Crippen LogP contribution in [0.5, 0.6) is 0 Å². The first-order chi connectivity index (χ1) is 13.1. The molecular formula is C17H17N7O2S. The molecule has 0 spiro atoms. The van der Waals surface area contributed by atoms with E-state index in [1.165, 1.54) is 27.2 Å². The Hall–Kier alpha value is -3.14. The third kappa shape index (κ3) is 3.85. The first kappa shape index (κ1) is 17.3. The summed E-state index contributed by atoms with van der Waals surface area (Å²) in [6.45, 7) is 0.275. The van der Waals surface area contributed by atoms with E-state index in [4.69, 9.17) is 0 Å². The molecule has 3 aromatic rings. The highest BCUT2D eigenvalue weighted by atomic mass is 32.1. The van der Waals surface area contributed by atoms with Gasteiger partial charge in [-0.1, -0.05) is 41.7 Å². The molecule has 0 bridgehead atoms. The number of carbonyl (C=O) groups excluding carboxylic acids is 2. The van der Waals surface area contributed by atoms with Crippen molar-refractivity contribution in [1.82, 2.24) is 25.0 Å². The molecule has 1 aliphatic heterocycles. The Kier molecular flexibility index (Phi) is 4.63. The molecule has 3 heterocycles. The maximum absolute atomic E-state index is 12.4. The molecule has 1 aromatic carbocycles. The second-order valence-corrected chi connectivity index (χ2v) is 7.32. The van der Waals surface area contributed by atoms with Gasteiger partial charge in [-0.15, -0.1) is 15.3 Å². The molecule has 1 atom stereocenters. The maximum atomic E-state index is 12.4. The summed E-state index contributed by atoms with van der Waals surface area (Å²) in [7, 11) is 1.71. The van der Waals surface area contributed by atoms with Crippen LogP contribution in [0.15, 0.2) is 36.7 Å². The SMILES string of the molecule is Cn1cnc(NC(=O)C2CC(=O)N(c3nnc(Cc4ccccc4)s3)C2)n1. The van der Waals surface area contributed by atoms with E-state index in [1.54, 1.807) is 7.05 Å². The van der Waals surface area contributed by atoms with Gasteiger partial charge in [-0.2, -0.15) is 0 Å². The molecule has 0 saturated carbocycles. The number of nitrogens with zero attached hydrogens (tertiary/aromatic N) is 6. The number of hydrogen-bond acceptors (Lipinski definition) is 7. The van der Waals surface area contributed by atoms with Gasteiger partial charge in [0.15, 0.2) is 0 Å². The van der Waals surface area contributed by atoms with Crippen molar-refractivity contribution in [2.45, 2.75) is 12.8 Å². The van der Waals surface area contributed by atoms with Crippen molar-refractivity contribution in [3.63, 3.8) is 0 Å². The summed E-state index contributed by atoms with van der Waals surface area (Å²) in [4.78, 5) is 30.2. The summed E-state index contributed by atoms with van der Waals surface area (Å²) in [6, 6.07) is 9.95. The molecule has 2 amide bonds. The van der Waals surface area contributed by atoms with Crippen LogP contribution in [0.1, 0.15) is 17.0 Å². The Balaban J connectivity index is 1.41. The zero-order chi connectivity index (χ0) is 18.8. The largest absolute Gasteiger partial charge is 0.293 e. The van der Waals surface area contributed by atoms with Gasteiger partial charge < -0.3 is 0 Å². The lowest BCUT2D eigenvalue weighted by Gasteiger charge is -2.11. The lowest BCUT2D eigenvalue weighted by molar-refractivity contribution is -0.122. The molecule has 138 valence electrons. The Bertz CT molecular complexity index is 969. The van der Waals surface area contributed by atoms with Crippen LogP contribution in [0, 0.1) is 5.92 Å². The number of anilines is 2. The van der Waals surface area contributed by atoms with E-state index in [0.717, 1.165) is 10.6 Å². The van der Waals surface area contributed by atoms with Crippen molar-refractivity contribution in [2.24, 2.45) is 13.0 Å². The number of aromatic nitrogens is 5. The van der Waals surface area contributed by atoms with E-state index in [1.807, 2.05) is 30.3 Å². The monoisotopic (exact) mass is 383 g/mol. The molecule has 1 aliphatic rings. The minimum absolute atomic E-state index is 0.131. The molecule has 1 unspecified atom stereocenters. The minimum atomic E-state index is -0.470. The fourth-order valence-electron chi connectivity index (χ4n) is 2.87. The van der Waals surface area contributed by atoms with Crippen molar-refractivity contribution in [3.8, 4) is 0 Å². The molecule has 1 fully saturated rings. The van der Waals surface area contributed by atoms with E-state index in [2.05, 4.69) is 25.6 Å². The van der Waals surface area contributed by atoms with Gasteiger partial charge in [0, 0.05) is 26.4 Å². The Labute approximate surface area is 159 Å². The quantitative estimate of drug-likeness (QED) is 0.711. The number of carbonyl (C=O) groups is 2. The minimum Gasteiger partial charge on any atom is -0.293 e. The van der Waals surface area contributed by atoms with Gasteiger partial charge >= 0.3 is 0 Å². The average Bonchev–Trinajstić information content (AvgIpc) is 3.36. The number of aryl methyl sites for hydroxylation is 1. The van der Waals surface area contributed by atoms with Crippen LogP contribution in [0.25, 0.3) is 0 Å². The molecule has 1 N–H and O–H groups in total. The smallest absolute Gasteiger partial charge is 0.248 e. The third-order valence-electron chi connectivity index (χ3n) is 4.22. The summed E-state index contributed by atoms with van der Waals surface area (Å²) in [5.41, 5.74) is 1.13. The lowest BCUT2D eigenvalue weighted by Crippen LogP contribution is -2.28. The van der Waals surface area contributed by atoms with Crippen molar-refractivity contribution >= 4 is 34.2 Å². The highest BCUT2D eigenvalue weighted by molar-refractivity contribution is 7.15. The molecule has 0 radical (unpaired) electrons. The zero-order valence-electron chi connectivity index (χ0n) is 14.6. The van der Waals surface area contributed by atoms with E-state index in [9.17, 15) is 9.59 Å². The molecule has 4 rings (SSSR count). The van der Waals surface area contributed by atoms with E-state index in [-0.39, 0.29) is 30.7 Å². The number of rotatable bonds is 5. The van der Waals surface area contributed by atoms with Crippen LogP contribution >= 0.6 is 11.3 Å². The zero-order valence-corrected chi connectivity index (χ0v) is 15.4. The summed E-state index contributed by atoms with van der Waals surface area (Å²) in [5, 5.41) is 16.3. The summed E-state index contributed by atoms with van der Waals surface area (Å²) in [5.74, 6) is -0.644. The molecule has 9 nitrogen and oxygen atoms in total. The lowest BCUT2D eigenvalue weighted by atomic mass is 10.1. The topological polar surface area (TPSA) is 106 Å². The van der Waals surface area contributed by atoms with Crippen LogP contribution in [-0.2, 0) is 23.1 Å². The van der Waals surface area contributed by atoms with Crippen LogP contribution in [-0.4, -0.2) is 43.3 Å². The third-order valence-corrected chi connectivity index (χ3v) is 5.16. The number of hydrogen-bond donors (Lipinski definition) is 1. The maximum Gasteiger partial charge on any atom is 0.248 e. The number of amides is 2. The molecule has 10 heteroatoms. The number of benzene rings is 1. The first-order valence-electron chi connectivity index (χ1n) is 8.41. The molecule has 1 saturated heterocycles. The van der Waals surface area contributed by atoms with Gasteiger partial charge in [0.1, 0.15) is 11.3 Å². The fourth-order valence-corrected chi connectivity index (χ4v) is 3.77. The van der Waals surface area contributed by atoms with Gasteiger partial charge in [-0.3, -0.25) is 24.5 Å². The molecular weight excluding hydrogens is 366 g/mol. The Morgan fingerprint density at radius 2 is 2.11 bits per heavy atom. The summed E-state index contributed by atoms with van der Waals surface area (Å²) >= 11 is 1.37. The van der Waals surface area contributed by atoms with Gasteiger partial charge in [0.2, 0.25) is 22.9 Å². The van der Waals surface area contributed by atoms with Crippen LogP contribution in [0.2, 0.25) is 0 Å². The normalized spacial score (nSPS) is 16.7. The second kappa shape index (κ2) is 7.23. The molecule has 2 aromatic heterocycles. The van der Waals surface area contributed by atoms with Gasteiger partial charge in [0.25, 0.3) is 0 Å². The highest BCUT2D eigenvalue weighted by Gasteiger charge is 2.37. The summed E-state index contributed by atoms with van der Waals surface area (Å²) < 4.78 is 1.50. The summed E-state index contributed by atoms with van der Waals surface area (Å²) in [6.07, 6.45) is 2.29. The second-order valence-electron chi connectivity index (χ2n) is 6.28. The van der Waals surface area contributed by atoms with Crippen LogP contribution < -0.4 is 10.2 Å². The Morgan fingerprint density at radius 1 is 1.30 bits per heavy atom. The number of nitrogens with one attached hydrogen (secondary N) is 1. The molecule has 0 aliphatic carbocycles. The predicted octanol–water partition coefficient (Wildman–Crippen LogP) is 1.25.